The molecule has 1 heterocycles. The number of carboxylic acid groups (broad SMARTS) is 1. The number of aliphatic carboxylic acids is 1. The lowest BCUT2D eigenvalue weighted by Crippen LogP contribution is -2.31. The van der Waals surface area contributed by atoms with Gasteiger partial charge in [-0.1, -0.05) is 0 Å². The topological polar surface area (TPSA) is 53.4 Å². The first-order valence-corrected chi connectivity index (χ1v) is 7.14. The molecule has 18 heavy (non-hydrogen) atoms. The van der Waals surface area contributed by atoms with Crippen LogP contribution in [0.2, 0.25) is 0 Å². The highest BCUT2D eigenvalue weighted by atomic mass is 32.1. The quantitative estimate of drug-likeness (QED) is 0.892. The Hall–Kier alpha value is -1.10. The summed E-state index contributed by atoms with van der Waals surface area (Å²) in [4.78, 5) is 17.9. The van der Waals surface area contributed by atoms with Gasteiger partial charge in [-0.3, -0.25) is 4.79 Å². The third kappa shape index (κ3) is 2.36. The summed E-state index contributed by atoms with van der Waals surface area (Å²) in [6.45, 7) is 5.60. The lowest BCUT2D eigenvalue weighted by molar-refractivity contribution is -0.142. The van der Waals surface area contributed by atoms with Crippen LogP contribution in [0.5, 0.6) is 0 Å². The molecule has 1 aromatic rings. The van der Waals surface area contributed by atoms with Crippen LogP contribution < -0.4 is 4.90 Å². The lowest BCUT2D eigenvalue weighted by atomic mass is 9.90. The fourth-order valence-corrected chi connectivity index (χ4v) is 2.94. The highest BCUT2D eigenvalue weighted by molar-refractivity contribution is 7.13. The van der Waals surface area contributed by atoms with Gasteiger partial charge in [0.1, 0.15) is 5.41 Å². The minimum atomic E-state index is -0.918. The highest BCUT2D eigenvalue weighted by Gasteiger charge is 2.34. The fraction of sp³-hybridized carbons (Fsp3) is 0.692. The van der Waals surface area contributed by atoms with E-state index in [1.807, 2.05) is 12.4 Å². The van der Waals surface area contributed by atoms with Crippen LogP contribution in [0.25, 0.3) is 0 Å². The molecule has 0 bridgehead atoms. The summed E-state index contributed by atoms with van der Waals surface area (Å²) < 4.78 is 0. The number of carboxylic acids is 1. The molecule has 0 radical (unpaired) electrons. The zero-order chi connectivity index (χ0) is 13.5. The summed E-state index contributed by atoms with van der Waals surface area (Å²) in [5.41, 5.74) is -0.275. The van der Waals surface area contributed by atoms with Crippen LogP contribution in [0.4, 0.5) is 5.13 Å². The van der Waals surface area contributed by atoms with Gasteiger partial charge in [0.2, 0.25) is 0 Å². The zero-order valence-corrected chi connectivity index (χ0v) is 12.1. The first-order valence-electron chi connectivity index (χ1n) is 6.26. The first kappa shape index (κ1) is 13.3. The molecule has 0 aromatic carbocycles. The van der Waals surface area contributed by atoms with Gasteiger partial charge in [-0.05, 0) is 39.5 Å². The minimum absolute atomic E-state index is 0.483. The Balaban J connectivity index is 2.17. The number of hydrogen-bond acceptors (Lipinski definition) is 4. The van der Waals surface area contributed by atoms with Gasteiger partial charge in [0, 0.05) is 18.5 Å². The molecule has 0 aliphatic heterocycles. The number of nitrogens with zero attached hydrogens (tertiary/aromatic N) is 2. The van der Waals surface area contributed by atoms with Crippen LogP contribution in [0, 0.1) is 5.92 Å². The molecule has 0 saturated heterocycles. The van der Waals surface area contributed by atoms with Crippen molar-refractivity contribution in [3.05, 3.63) is 11.1 Å². The number of carbonyl (C=O) groups is 1. The normalized spacial score (nSPS) is 17.6. The number of rotatable bonds is 5. The summed E-state index contributed by atoms with van der Waals surface area (Å²) in [6.07, 6.45) is 2.59. The van der Waals surface area contributed by atoms with E-state index >= 15 is 0 Å². The van der Waals surface area contributed by atoms with E-state index < -0.39 is 11.4 Å². The molecule has 1 aromatic heterocycles. The van der Waals surface area contributed by atoms with Gasteiger partial charge in [0.05, 0.1) is 5.69 Å². The molecule has 4 nitrogen and oxygen atoms in total. The van der Waals surface area contributed by atoms with E-state index in [1.165, 1.54) is 24.2 Å². The summed E-state index contributed by atoms with van der Waals surface area (Å²) in [7, 11) is 2.04. The van der Waals surface area contributed by atoms with Gasteiger partial charge in [-0.2, -0.15) is 0 Å². The predicted molar refractivity (Wildman–Crippen MR) is 73.4 cm³/mol. The summed E-state index contributed by atoms with van der Waals surface area (Å²) in [5, 5.41) is 12.0. The maximum atomic E-state index is 11.2. The Morgan fingerprint density at radius 3 is 2.72 bits per heavy atom. The predicted octanol–water partition coefficient (Wildman–Crippen LogP) is 2.74. The van der Waals surface area contributed by atoms with Crippen LogP contribution in [0.3, 0.4) is 0 Å². The molecule has 5 heteroatoms. The SMILES string of the molecule is CC(C1CC1)N(C)c1nc(C(C)(C)C(=O)O)cs1. The Bertz CT molecular complexity index is 452. The van der Waals surface area contributed by atoms with Crippen molar-refractivity contribution < 1.29 is 9.90 Å². The molecule has 1 saturated carbocycles. The average molecular weight is 268 g/mol. The van der Waals surface area contributed by atoms with Crippen LogP contribution in [0.1, 0.15) is 39.3 Å². The van der Waals surface area contributed by atoms with Crippen molar-refractivity contribution in [3.8, 4) is 0 Å². The van der Waals surface area contributed by atoms with E-state index in [-0.39, 0.29) is 0 Å². The molecule has 100 valence electrons. The average Bonchev–Trinajstić information content (AvgIpc) is 3.03. The van der Waals surface area contributed by atoms with E-state index in [0.717, 1.165) is 11.0 Å². The summed E-state index contributed by atoms with van der Waals surface area (Å²) in [6, 6.07) is 0.483. The minimum Gasteiger partial charge on any atom is -0.481 e. The molecular weight excluding hydrogens is 248 g/mol. The van der Waals surface area contributed by atoms with Gasteiger partial charge in [-0.25, -0.2) is 4.98 Å². The van der Waals surface area contributed by atoms with Crippen LogP contribution in [-0.2, 0) is 10.2 Å². The zero-order valence-electron chi connectivity index (χ0n) is 11.3. The number of anilines is 1. The van der Waals surface area contributed by atoms with Gasteiger partial charge >= 0.3 is 5.97 Å². The summed E-state index contributed by atoms with van der Waals surface area (Å²) in [5.74, 6) is -0.0629. The van der Waals surface area contributed by atoms with Crippen molar-refractivity contribution in [2.24, 2.45) is 5.92 Å². The molecule has 1 N–H and O–H groups in total. The highest BCUT2D eigenvalue weighted by Crippen LogP contribution is 2.37. The third-order valence-corrected chi connectivity index (χ3v) is 4.82. The lowest BCUT2D eigenvalue weighted by Gasteiger charge is -2.24. The fourth-order valence-electron chi connectivity index (χ4n) is 1.89. The van der Waals surface area contributed by atoms with Crippen LogP contribution >= 0.6 is 11.3 Å². The maximum Gasteiger partial charge on any atom is 0.315 e. The van der Waals surface area contributed by atoms with Gasteiger partial charge in [0.25, 0.3) is 0 Å². The summed E-state index contributed by atoms with van der Waals surface area (Å²) >= 11 is 1.53. The molecule has 1 aliphatic carbocycles. The molecule has 0 amide bonds. The second-order valence-electron chi connectivity index (χ2n) is 5.63. The second-order valence-corrected chi connectivity index (χ2v) is 6.47. The molecule has 1 fully saturated rings. The van der Waals surface area contributed by atoms with E-state index in [0.29, 0.717) is 11.7 Å². The number of hydrogen-bond donors (Lipinski definition) is 1. The van der Waals surface area contributed by atoms with E-state index in [2.05, 4.69) is 16.8 Å². The van der Waals surface area contributed by atoms with Crippen molar-refractivity contribution in [2.75, 3.05) is 11.9 Å². The maximum absolute atomic E-state index is 11.2. The number of thiazole rings is 1. The molecule has 0 spiro atoms. The molecule has 1 unspecified atom stereocenters. The van der Waals surface area contributed by atoms with Gasteiger partial charge < -0.3 is 10.0 Å². The Kier molecular flexibility index (Phi) is 3.36. The van der Waals surface area contributed by atoms with E-state index in [1.54, 1.807) is 13.8 Å². The van der Waals surface area contributed by atoms with Crippen molar-refractivity contribution >= 4 is 22.4 Å². The third-order valence-electron chi connectivity index (χ3n) is 3.88. The second kappa shape index (κ2) is 4.53. The molecule has 1 atom stereocenters. The smallest absolute Gasteiger partial charge is 0.315 e. The monoisotopic (exact) mass is 268 g/mol. The molecular formula is C13H20N2O2S. The van der Waals surface area contributed by atoms with Gasteiger partial charge in [0.15, 0.2) is 5.13 Å². The Morgan fingerprint density at radius 2 is 2.22 bits per heavy atom. The molecule has 2 rings (SSSR count). The first-order chi connectivity index (χ1) is 8.34. The van der Waals surface area contributed by atoms with Gasteiger partial charge in [-0.15, -0.1) is 11.3 Å². The van der Waals surface area contributed by atoms with E-state index in [9.17, 15) is 9.90 Å². The van der Waals surface area contributed by atoms with E-state index in [4.69, 9.17) is 0 Å². The Morgan fingerprint density at radius 1 is 1.61 bits per heavy atom. The largest absolute Gasteiger partial charge is 0.481 e. The van der Waals surface area contributed by atoms with Crippen molar-refractivity contribution in [2.45, 2.75) is 45.1 Å². The van der Waals surface area contributed by atoms with Crippen molar-refractivity contribution in [3.63, 3.8) is 0 Å². The van der Waals surface area contributed by atoms with Crippen LogP contribution in [0.15, 0.2) is 5.38 Å². The standard InChI is InChI=1S/C13H20N2O2S/c1-8(9-5-6-9)15(4)12-14-10(7-18-12)13(2,3)11(16)17/h7-9H,5-6H2,1-4H3,(H,16,17). The van der Waals surface area contributed by atoms with Crippen molar-refractivity contribution in [1.82, 2.24) is 4.98 Å². The van der Waals surface area contributed by atoms with Crippen molar-refractivity contribution in [1.29, 1.82) is 0 Å². The Labute approximate surface area is 112 Å². The number of aromatic nitrogens is 1. The van der Waals surface area contributed by atoms with Crippen LogP contribution in [-0.4, -0.2) is 29.1 Å². The molecule has 1 aliphatic rings.